The van der Waals surface area contributed by atoms with E-state index >= 15 is 0 Å². The smallest absolute Gasteiger partial charge is 0.309 e. The van der Waals surface area contributed by atoms with Gasteiger partial charge in [-0.2, -0.15) is 5.10 Å². The number of hydrogen-bond donors (Lipinski definition) is 0. The van der Waals surface area contributed by atoms with Crippen LogP contribution in [0.4, 0.5) is 5.69 Å². The van der Waals surface area contributed by atoms with Crippen molar-refractivity contribution in [2.45, 2.75) is 25.8 Å². The van der Waals surface area contributed by atoms with Gasteiger partial charge in [-0.1, -0.05) is 0 Å². The Kier molecular flexibility index (Phi) is 3.82. The highest BCUT2D eigenvalue weighted by molar-refractivity contribution is 5.86. The summed E-state index contributed by atoms with van der Waals surface area (Å²) in [7, 11) is 3.60. The molecule has 1 aromatic heterocycles. The number of hydrogen-bond acceptors (Lipinski definition) is 4. The van der Waals surface area contributed by atoms with Gasteiger partial charge in [0, 0.05) is 20.0 Å². The lowest BCUT2D eigenvalue weighted by molar-refractivity contribution is -0.385. The number of nitrogens with zero attached hydrogens (tertiary/aromatic N) is 5. The molecule has 20 heavy (non-hydrogen) atoms. The molecule has 0 aromatic carbocycles. The molecular weight excluding hydrogens is 262 g/mol. The van der Waals surface area contributed by atoms with E-state index in [0.717, 1.165) is 0 Å². The Bertz CT molecular complexity index is 557. The molecule has 1 heterocycles. The molecule has 0 spiro atoms. The molecular formula is C12H17N5O3. The average molecular weight is 279 g/mol. The van der Waals surface area contributed by atoms with E-state index in [0.29, 0.717) is 18.5 Å². The summed E-state index contributed by atoms with van der Waals surface area (Å²) < 4.78 is 1.59. The van der Waals surface area contributed by atoms with Crippen LogP contribution < -0.4 is 0 Å². The van der Waals surface area contributed by atoms with E-state index in [1.807, 2.05) is 0 Å². The third kappa shape index (κ3) is 2.84. The number of carbonyl (C=O) groups excluding carboxylic acids is 1. The Hall–Kier alpha value is -2.25. The second kappa shape index (κ2) is 5.40. The van der Waals surface area contributed by atoms with Gasteiger partial charge in [0.25, 0.3) is 0 Å². The minimum absolute atomic E-state index is 0.0189. The number of rotatable bonds is 4. The highest BCUT2D eigenvalue weighted by atomic mass is 16.6. The SMILES string of the molecule is Cc1nn(C2CC(C(=O)/N=C/N(C)C)C2)cc1[N+](=O)[O-]. The predicted octanol–water partition coefficient (Wildman–Crippen LogP) is 1.17. The third-order valence-electron chi connectivity index (χ3n) is 3.34. The molecule has 1 aromatic rings. The molecule has 2 rings (SSSR count). The molecule has 8 heteroatoms. The van der Waals surface area contributed by atoms with Gasteiger partial charge in [-0.3, -0.25) is 19.6 Å². The van der Waals surface area contributed by atoms with E-state index in [1.165, 1.54) is 12.5 Å². The quantitative estimate of drug-likeness (QED) is 0.357. The van der Waals surface area contributed by atoms with Gasteiger partial charge in [0.05, 0.1) is 17.3 Å². The van der Waals surface area contributed by atoms with E-state index in [4.69, 9.17) is 0 Å². The van der Waals surface area contributed by atoms with Crippen LogP contribution >= 0.6 is 0 Å². The third-order valence-corrected chi connectivity index (χ3v) is 3.34. The van der Waals surface area contributed by atoms with Gasteiger partial charge < -0.3 is 4.90 Å². The lowest BCUT2D eigenvalue weighted by Crippen LogP contribution is -2.32. The molecule has 0 N–H and O–H groups in total. The number of amides is 1. The van der Waals surface area contributed by atoms with Crippen LogP contribution in [0, 0.1) is 23.0 Å². The maximum atomic E-state index is 11.7. The Morgan fingerprint density at radius 3 is 2.75 bits per heavy atom. The van der Waals surface area contributed by atoms with Crippen LogP contribution in [0.15, 0.2) is 11.2 Å². The molecule has 1 saturated carbocycles. The van der Waals surface area contributed by atoms with Crippen LogP contribution in [0.5, 0.6) is 0 Å². The largest absolute Gasteiger partial charge is 0.369 e. The zero-order valence-corrected chi connectivity index (χ0v) is 11.7. The second-order valence-electron chi connectivity index (χ2n) is 5.21. The monoisotopic (exact) mass is 279 g/mol. The summed E-state index contributed by atoms with van der Waals surface area (Å²) in [6, 6.07) is 0.0471. The van der Waals surface area contributed by atoms with Crippen molar-refractivity contribution in [2.75, 3.05) is 14.1 Å². The number of aliphatic imine (C=N–C) groups is 1. The standard InChI is InChI=1S/C12H17N5O3/c1-8-11(17(19)20)6-16(14-8)10-4-9(5-10)12(18)13-7-15(2)3/h6-7,9-10H,4-5H2,1-3H3/b13-7+. The van der Waals surface area contributed by atoms with Crippen LogP contribution in [0.2, 0.25) is 0 Å². The van der Waals surface area contributed by atoms with Crippen LogP contribution in [-0.4, -0.2) is 45.9 Å². The van der Waals surface area contributed by atoms with Crippen molar-refractivity contribution in [3.63, 3.8) is 0 Å². The van der Waals surface area contributed by atoms with Gasteiger partial charge in [-0.15, -0.1) is 0 Å². The number of aryl methyl sites for hydroxylation is 1. The first kappa shape index (κ1) is 14.2. The first-order valence-corrected chi connectivity index (χ1v) is 6.33. The number of carbonyl (C=O) groups is 1. The summed E-state index contributed by atoms with van der Waals surface area (Å²) >= 11 is 0. The van der Waals surface area contributed by atoms with Crippen molar-refractivity contribution in [1.29, 1.82) is 0 Å². The summed E-state index contributed by atoms with van der Waals surface area (Å²) in [5.41, 5.74) is 0.417. The lowest BCUT2D eigenvalue weighted by atomic mass is 9.80. The summed E-state index contributed by atoms with van der Waals surface area (Å²) in [6.45, 7) is 1.61. The summed E-state index contributed by atoms with van der Waals surface area (Å²) in [6.07, 6.45) is 4.17. The van der Waals surface area contributed by atoms with Gasteiger partial charge in [0.1, 0.15) is 11.9 Å². The molecule has 0 saturated heterocycles. The van der Waals surface area contributed by atoms with Crippen molar-refractivity contribution >= 4 is 17.9 Å². The van der Waals surface area contributed by atoms with Gasteiger partial charge >= 0.3 is 5.69 Å². The first-order valence-electron chi connectivity index (χ1n) is 6.33. The summed E-state index contributed by atoms with van der Waals surface area (Å²) in [5, 5.41) is 14.9. The predicted molar refractivity (Wildman–Crippen MR) is 72.6 cm³/mol. The molecule has 1 aliphatic carbocycles. The maximum absolute atomic E-state index is 11.7. The molecule has 1 aliphatic rings. The summed E-state index contributed by atoms with van der Waals surface area (Å²) in [5.74, 6) is -0.256. The molecule has 108 valence electrons. The van der Waals surface area contributed by atoms with E-state index in [2.05, 4.69) is 10.1 Å². The Morgan fingerprint density at radius 2 is 2.25 bits per heavy atom. The molecule has 0 radical (unpaired) electrons. The van der Waals surface area contributed by atoms with Crippen molar-refractivity contribution < 1.29 is 9.72 Å². The number of aromatic nitrogens is 2. The van der Waals surface area contributed by atoms with E-state index in [1.54, 1.807) is 30.6 Å². The van der Waals surface area contributed by atoms with Gasteiger partial charge in [-0.25, -0.2) is 4.99 Å². The zero-order chi connectivity index (χ0) is 14.9. The minimum atomic E-state index is -0.443. The maximum Gasteiger partial charge on any atom is 0.309 e. The van der Waals surface area contributed by atoms with E-state index in [-0.39, 0.29) is 23.6 Å². The van der Waals surface area contributed by atoms with Crippen LogP contribution in [-0.2, 0) is 4.79 Å². The normalized spacial score (nSPS) is 21.8. The zero-order valence-electron chi connectivity index (χ0n) is 11.7. The van der Waals surface area contributed by atoms with Crippen LogP contribution in [0.25, 0.3) is 0 Å². The summed E-state index contributed by atoms with van der Waals surface area (Å²) in [4.78, 5) is 27.6. The Morgan fingerprint density at radius 1 is 1.60 bits per heavy atom. The topological polar surface area (TPSA) is 93.6 Å². The minimum Gasteiger partial charge on any atom is -0.369 e. The van der Waals surface area contributed by atoms with Crippen LogP contribution in [0.3, 0.4) is 0 Å². The molecule has 0 unspecified atom stereocenters. The van der Waals surface area contributed by atoms with Crippen molar-refractivity contribution in [3.05, 3.63) is 22.0 Å². The molecule has 8 nitrogen and oxygen atoms in total. The molecule has 1 amide bonds. The average Bonchev–Trinajstić information content (AvgIpc) is 2.66. The van der Waals surface area contributed by atoms with Gasteiger partial charge in [0.15, 0.2) is 0 Å². The van der Waals surface area contributed by atoms with Gasteiger partial charge in [0.2, 0.25) is 5.91 Å². The number of nitro groups is 1. The highest BCUT2D eigenvalue weighted by Crippen LogP contribution is 2.39. The van der Waals surface area contributed by atoms with E-state index in [9.17, 15) is 14.9 Å². The Balaban J connectivity index is 1.95. The van der Waals surface area contributed by atoms with Crippen molar-refractivity contribution in [3.8, 4) is 0 Å². The van der Waals surface area contributed by atoms with E-state index < -0.39 is 4.92 Å². The molecule has 0 bridgehead atoms. The molecule has 0 aliphatic heterocycles. The lowest BCUT2D eigenvalue weighted by Gasteiger charge is -2.32. The fourth-order valence-corrected chi connectivity index (χ4v) is 2.12. The fraction of sp³-hybridized carbons (Fsp3) is 0.583. The van der Waals surface area contributed by atoms with Crippen LogP contribution in [0.1, 0.15) is 24.6 Å². The molecule has 1 fully saturated rings. The van der Waals surface area contributed by atoms with Crippen molar-refractivity contribution in [1.82, 2.24) is 14.7 Å². The fourth-order valence-electron chi connectivity index (χ4n) is 2.12. The first-order chi connectivity index (χ1) is 9.38. The van der Waals surface area contributed by atoms with Gasteiger partial charge in [-0.05, 0) is 19.8 Å². The highest BCUT2D eigenvalue weighted by Gasteiger charge is 2.37. The molecule has 0 atom stereocenters. The second-order valence-corrected chi connectivity index (χ2v) is 5.21. The Labute approximate surface area is 116 Å². The van der Waals surface area contributed by atoms with Crippen molar-refractivity contribution in [2.24, 2.45) is 10.9 Å².